The zero-order chi connectivity index (χ0) is 15.2. The van der Waals surface area contributed by atoms with Gasteiger partial charge >= 0.3 is 0 Å². The Balaban J connectivity index is 2.14. The van der Waals surface area contributed by atoms with E-state index in [2.05, 4.69) is 36.9 Å². The first kappa shape index (κ1) is 15.9. The van der Waals surface area contributed by atoms with Crippen LogP contribution in [-0.2, 0) is 13.1 Å². The van der Waals surface area contributed by atoms with Gasteiger partial charge in [-0.15, -0.1) is 0 Å². The maximum atomic E-state index is 6.36. The molecule has 0 heterocycles. The molecule has 0 amide bonds. The van der Waals surface area contributed by atoms with Crippen LogP contribution >= 0.6 is 11.6 Å². The highest BCUT2D eigenvalue weighted by atomic mass is 35.5. The molecule has 0 fully saturated rings. The Hall–Kier alpha value is -1.51. The number of nitrogens with two attached hydrogens (primary N) is 1. The van der Waals surface area contributed by atoms with Crippen LogP contribution in [0.15, 0.2) is 42.5 Å². The zero-order valence-corrected chi connectivity index (χ0v) is 13.5. The fourth-order valence-corrected chi connectivity index (χ4v) is 2.77. The first-order valence-corrected chi connectivity index (χ1v) is 7.78. The van der Waals surface area contributed by atoms with Crippen LogP contribution in [0.1, 0.15) is 30.0 Å². The minimum atomic E-state index is 0.845. The standard InChI is InChI=1S/C18H23ClN2/c1-3-10-21(13-16-6-4-5-7-18(16)20)12-15-9-8-14(2)11-17(15)19/h4-9,11H,3,10,12-13,20H2,1-2H3. The molecule has 0 radical (unpaired) electrons. The number of aryl methyl sites for hydroxylation is 1. The summed E-state index contributed by atoms with van der Waals surface area (Å²) in [6.07, 6.45) is 1.11. The first-order chi connectivity index (χ1) is 10.1. The highest BCUT2D eigenvalue weighted by Gasteiger charge is 2.10. The second-order valence-corrected chi connectivity index (χ2v) is 5.91. The van der Waals surface area contributed by atoms with Crippen molar-refractivity contribution in [1.29, 1.82) is 0 Å². The molecular weight excluding hydrogens is 280 g/mol. The van der Waals surface area contributed by atoms with Crippen LogP contribution in [0.4, 0.5) is 5.69 Å². The Bertz CT molecular complexity index is 596. The topological polar surface area (TPSA) is 29.3 Å². The Labute approximate surface area is 132 Å². The van der Waals surface area contributed by atoms with E-state index in [1.807, 2.05) is 24.3 Å². The second kappa shape index (κ2) is 7.48. The second-order valence-electron chi connectivity index (χ2n) is 5.50. The van der Waals surface area contributed by atoms with Crippen molar-refractivity contribution in [1.82, 2.24) is 4.90 Å². The van der Waals surface area contributed by atoms with Crippen molar-refractivity contribution in [3.05, 3.63) is 64.2 Å². The number of benzene rings is 2. The molecule has 2 nitrogen and oxygen atoms in total. The summed E-state index contributed by atoms with van der Waals surface area (Å²) >= 11 is 6.36. The summed E-state index contributed by atoms with van der Waals surface area (Å²) in [6.45, 7) is 6.98. The fourth-order valence-electron chi connectivity index (χ4n) is 2.47. The molecule has 0 saturated carbocycles. The van der Waals surface area contributed by atoms with Gasteiger partial charge in [0.2, 0.25) is 0 Å². The van der Waals surface area contributed by atoms with Crippen molar-refractivity contribution in [3.8, 4) is 0 Å². The number of halogens is 1. The molecule has 112 valence electrons. The molecule has 0 atom stereocenters. The summed E-state index contributed by atoms with van der Waals surface area (Å²) in [5, 5.41) is 0.845. The maximum absolute atomic E-state index is 6.36. The van der Waals surface area contributed by atoms with Crippen LogP contribution in [0, 0.1) is 6.92 Å². The highest BCUT2D eigenvalue weighted by Crippen LogP contribution is 2.21. The van der Waals surface area contributed by atoms with Gasteiger partial charge in [-0.3, -0.25) is 4.90 Å². The minimum absolute atomic E-state index is 0.845. The molecule has 0 aliphatic carbocycles. The predicted molar refractivity (Wildman–Crippen MR) is 91.4 cm³/mol. The van der Waals surface area contributed by atoms with Crippen LogP contribution in [0.2, 0.25) is 5.02 Å². The summed E-state index contributed by atoms with van der Waals surface area (Å²) in [4.78, 5) is 2.39. The highest BCUT2D eigenvalue weighted by molar-refractivity contribution is 6.31. The molecule has 2 aromatic rings. The largest absolute Gasteiger partial charge is 0.398 e. The van der Waals surface area contributed by atoms with Crippen LogP contribution in [-0.4, -0.2) is 11.4 Å². The number of hydrogen-bond acceptors (Lipinski definition) is 2. The molecule has 0 aliphatic rings. The van der Waals surface area contributed by atoms with Crippen molar-refractivity contribution in [2.45, 2.75) is 33.4 Å². The molecule has 2 N–H and O–H groups in total. The molecule has 21 heavy (non-hydrogen) atoms. The average Bonchev–Trinajstić information content (AvgIpc) is 2.44. The maximum Gasteiger partial charge on any atom is 0.0453 e. The lowest BCUT2D eigenvalue weighted by Crippen LogP contribution is -2.24. The Kier molecular flexibility index (Phi) is 5.66. The Morgan fingerprint density at radius 1 is 1.05 bits per heavy atom. The SMILES string of the molecule is CCCN(Cc1ccccc1N)Cc1ccc(C)cc1Cl. The number of anilines is 1. The third kappa shape index (κ3) is 4.48. The van der Waals surface area contributed by atoms with E-state index in [0.29, 0.717) is 0 Å². The molecule has 2 rings (SSSR count). The van der Waals surface area contributed by atoms with E-state index in [4.69, 9.17) is 17.3 Å². The summed E-state index contributed by atoms with van der Waals surface area (Å²) in [5.74, 6) is 0. The molecule has 0 unspecified atom stereocenters. The third-order valence-electron chi connectivity index (χ3n) is 3.59. The van der Waals surface area contributed by atoms with Gasteiger partial charge in [-0.1, -0.05) is 48.9 Å². The number of hydrogen-bond donors (Lipinski definition) is 1. The fraction of sp³-hybridized carbons (Fsp3) is 0.333. The lowest BCUT2D eigenvalue weighted by Gasteiger charge is -2.23. The summed E-state index contributed by atoms with van der Waals surface area (Å²) in [7, 11) is 0. The van der Waals surface area contributed by atoms with Gasteiger partial charge < -0.3 is 5.73 Å². The van der Waals surface area contributed by atoms with Crippen molar-refractivity contribution in [3.63, 3.8) is 0 Å². The lowest BCUT2D eigenvalue weighted by molar-refractivity contribution is 0.258. The number of para-hydroxylation sites is 1. The van der Waals surface area contributed by atoms with Gasteiger partial charge in [0.1, 0.15) is 0 Å². The minimum Gasteiger partial charge on any atom is -0.398 e. The van der Waals surface area contributed by atoms with E-state index in [0.717, 1.165) is 36.8 Å². The zero-order valence-electron chi connectivity index (χ0n) is 12.8. The first-order valence-electron chi connectivity index (χ1n) is 7.41. The van der Waals surface area contributed by atoms with Crippen molar-refractivity contribution >= 4 is 17.3 Å². The Morgan fingerprint density at radius 3 is 2.43 bits per heavy atom. The average molecular weight is 303 g/mol. The van der Waals surface area contributed by atoms with E-state index >= 15 is 0 Å². The van der Waals surface area contributed by atoms with Crippen LogP contribution in [0.3, 0.4) is 0 Å². The van der Waals surface area contributed by atoms with Crippen molar-refractivity contribution in [2.24, 2.45) is 0 Å². The molecule has 0 spiro atoms. The van der Waals surface area contributed by atoms with E-state index < -0.39 is 0 Å². The molecule has 0 aromatic heterocycles. The van der Waals surface area contributed by atoms with Crippen molar-refractivity contribution < 1.29 is 0 Å². The molecule has 0 bridgehead atoms. The van der Waals surface area contributed by atoms with E-state index in [9.17, 15) is 0 Å². The molecule has 0 saturated heterocycles. The van der Waals surface area contributed by atoms with Crippen LogP contribution in [0.25, 0.3) is 0 Å². The van der Waals surface area contributed by atoms with Gasteiger partial charge in [0.15, 0.2) is 0 Å². The number of rotatable bonds is 6. The smallest absolute Gasteiger partial charge is 0.0453 e. The van der Waals surface area contributed by atoms with Crippen LogP contribution < -0.4 is 5.73 Å². The van der Waals surface area contributed by atoms with Gasteiger partial charge in [-0.05, 0) is 48.7 Å². The molecular formula is C18H23ClN2. The van der Waals surface area contributed by atoms with Gasteiger partial charge in [-0.2, -0.15) is 0 Å². The molecule has 2 aromatic carbocycles. The van der Waals surface area contributed by atoms with Crippen molar-refractivity contribution in [2.75, 3.05) is 12.3 Å². The van der Waals surface area contributed by atoms with Gasteiger partial charge in [0, 0.05) is 23.8 Å². The lowest BCUT2D eigenvalue weighted by atomic mass is 10.1. The van der Waals surface area contributed by atoms with E-state index in [1.165, 1.54) is 16.7 Å². The summed E-state index contributed by atoms with van der Waals surface area (Å²) in [6, 6.07) is 14.3. The van der Waals surface area contributed by atoms with E-state index in [1.54, 1.807) is 0 Å². The van der Waals surface area contributed by atoms with E-state index in [-0.39, 0.29) is 0 Å². The normalized spacial score (nSPS) is 11.0. The van der Waals surface area contributed by atoms with Gasteiger partial charge in [0.05, 0.1) is 0 Å². The molecule has 0 aliphatic heterocycles. The van der Waals surface area contributed by atoms with Gasteiger partial charge in [-0.25, -0.2) is 0 Å². The van der Waals surface area contributed by atoms with Gasteiger partial charge in [0.25, 0.3) is 0 Å². The quantitative estimate of drug-likeness (QED) is 0.787. The predicted octanol–water partition coefficient (Wildman–Crippen LogP) is 4.64. The third-order valence-corrected chi connectivity index (χ3v) is 3.94. The van der Waals surface area contributed by atoms with Crippen LogP contribution in [0.5, 0.6) is 0 Å². The number of nitrogens with zero attached hydrogens (tertiary/aromatic N) is 1. The summed E-state index contributed by atoms with van der Waals surface area (Å²) < 4.78 is 0. The number of nitrogen functional groups attached to an aromatic ring is 1. The molecule has 3 heteroatoms. The Morgan fingerprint density at radius 2 is 1.76 bits per heavy atom. The summed E-state index contributed by atoms with van der Waals surface area (Å²) in [5.41, 5.74) is 10.4. The monoisotopic (exact) mass is 302 g/mol.